The molecule has 3 unspecified atom stereocenters. The first-order valence-corrected chi connectivity index (χ1v) is 5.71. The van der Waals surface area contributed by atoms with Crippen molar-refractivity contribution in [3.63, 3.8) is 0 Å². The van der Waals surface area contributed by atoms with Crippen LogP contribution in [0, 0.1) is 17.3 Å². The van der Waals surface area contributed by atoms with Crippen molar-refractivity contribution in [3.8, 4) is 0 Å². The van der Waals surface area contributed by atoms with E-state index < -0.39 is 5.60 Å². The predicted octanol–water partition coefficient (Wildman–Crippen LogP) is 2.16. The fraction of sp³-hybridized carbons (Fsp3) is 1.00. The largest absolute Gasteiger partial charge is 0.390 e. The third kappa shape index (κ3) is 2.48. The van der Waals surface area contributed by atoms with E-state index >= 15 is 0 Å². The summed E-state index contributed by atoms with van der Waals surface area (Å²) in [6.45, 7) is 9.37. The van der Waals surface area contributed by atoms with Crippen LogP contribution in [0.2, 0.25) is 0 Å². The Labute approximate surface area is 87.9 Å². The molecule has 0 bridgehead atoms. The predicted molar refractivity (Wildman–Crippen MR) is 60.0 cm³/mol. The van der Waals surface area contributed by atoms with Crippen LogP contribution in [0.5, 0.6) is 0 Å². The Balaban J connectivity index is 2.78. The van der Waals surface area contributed by atoms with Crippen molar-refractivity contribution in [2.45, 2.75) is 52.6 Å². The second-order valence-electron chi connectivity index (χ2n) is 6.09. The van der Waals surface area contributed by atoms with Gasteiger partial charge in [-0.05, 0) is 43.1 Å². The minimum absolute atomic E-state index is 0.213. The van der Waals surface area contributed by atoms with Crippen LogP contribution in [0.1, 0.15) is 47.0 Å². The first kappa shape index (κ1) is 12.0. The van der Waals surface area contributed by atoms with E-state index in [1.54, 1.807) is 0 Å². The summed E-state index contributed by atoms with van der Waals surface area (Å²) in [6, 6.07) is 0. The van der Waals surface area contributed by atoms with Gasteiger partial charge in [-0.3, -0.25) is 0 Å². The zero-order chi connectivity index (χ0) is 11.0. The SMILES string of the molecule is CC1CC(C)(C)CC(O)(C(C)CN)C1. The number of hydrogen-bond acceptors (Lipinski definition) is 2. The van der Waals surface area contributed by atoms with Crippen LogP contribution < -0.4 is 5.73 Å². The van der Waals surface area contributed by atoms with Gasteiger partial charge >= 0.3 is 0 Å². The summed E-state index contributed by atoms with van der Waals surface area (Å²) in [5, 5.41) is 10.6. The molecule has 1 rings (SSSR count). The highest BCUT2D eigenvalue weighted by Gasteiger charge is 2.44. The molecule has 1 saturated carbocycles. The molecule has 0 aliphatic heterocycles. The zero-order valence-electron chi connectivity index (χ0n) is 10.0. The van der Waals surface area contributed by atoms with Crippen molar-refractivity contribution in [3.05, 3.63) is 0 Å². The van der Waals surface area contributed by atoms with Crippen LogP contribution in [-0.2, 0) is 0 Å². The van der Waals surface area contributed by atoms with Gasteiger partial charge in [0.15, 0.2) is 0 Å². The van der Waals surface area contributed by atoms with Gasteiger partial charge in [-0.1, -0.05) is 27.7 Å². The van der Waals surface area contributed by atoms with Crippen molar-refractivity contribution in [2.75, 3.05) is 6.54 Å². The third-order valence-electron chi connectivity index (χ3n) is 3.66. The molecule has 0 amide bonds. The second-order valence-corrected chi connectivity index (χ2v) is 6.09. The highest BCUT2D eigenvalue weighted by molar-refractivity contribution is 4.96. The van der Waals surface area contributed by atoms with E-state index in [1.807, 2.05) is 0 Å². The summed E-state index contributed by atoms with van der Waals surface area (Å²) in [4.78, 5) is 0. The number of nitrogens with two attached hydrogens (primary N) is 1. The molecule has 1 fully saturated rings. The summed E-state index contributed by atoms with van der Waals surface area (Å²) in [5.41, 5.74) is 5.39. The molecular weight excluding hydrogens is 174 g/mol. The lowest BCUT2D eigenvalue weighted by atomic mass is 9.62. The van der Waals surface area contributed by atoms with Gasteiger partial charge in [-0.2, -0.15) is 0 Å². The first-order valence-electron chi connectivity index (χ1n) is 5.71. The van der Waals surface area contributed by atoms with E-state index in [-0.39, 0.29) is 11.3 Å². The molecule has 14 heavy (non-hydrogen) atoms. The van der Waals surface area contributed by atoms with Crippen molar-refractivity contribution in [1.82, 2.24) is 0 Å². The summed E-state index contributed by atoms with van der Waals surface area (Å²) in [6.07, 6.45) is 3.02. The maximum atomic E-state index is 10.6. The molecule has 2 nitrogen and oxygen atoms in total. The summed E-state index contributed by atoms with van der Waals surface area (Å²) in [5.74, 6) is 0.822. The van der Waals surface area contributed by atoms with Crippen LogP contribution in [0.25, 0.3) is 0 Å². The zero-order valence-corrected chi connectivity index (χ0v) is 10.0. The Morgan fingerprint density at radius 1 is 1.43 bits per heavy atom. The standard InChI is InChI=1S/C12H25NO/c1-9-5-11(3,4)8-12(14,6-9)10(2)7-13/h9-10,14H,5-8,13H2,1-4H3. The van der Waals surface area contributed by atoms with Gasteiger partial charge in [0.25, 0.3) is 0 Å². The average Bonchev–Trinajstić information content (AvgIpc) is 1.98. The van der Waals surface area contributed by atoms with Crippen LogP contribution in [0.4, 0.5) is 0 Å². The smallest absolute Gasteiger partial charge is 0.0692 e. The minimum atomic E-state index is -0.532. The van der Waals surface area contributed by atoms with Crippen LogP contribution in [0.3, 0.4) is 0 Å². The van der Waals surface area contributed by atoms with Crippen molar-refractivity contribution >= 4 is 0 Å². The molecule has 0 aromatic heterocycles. The van der Waals surface area contributed by atoms with Crippen molar-refractivity contribution in [2.24, 2.45) is 23.0 Å². The normalized spacial score (nSPS) is 39.4. The molecule has 1 aliphatic carbocycles. The van der Waals surface area contributed by atoms with E-state index in [4.69, 9.17) is 5.73 Å². The van der Waals surface area contributed by atoms with E-state index in [0.717, 1.165) is 12.8 Å². The molecule has 0 heterocycles. The molecule has 0 radical (unpaired) electrons. The maximum absolute atomic E-state index is 10.6. The first-order chi connectivity index (χ1) is 6.29. The second kappa shape index (κ2) is 3.82. The molecule has 3 N–H and O–H groups in total. The van der Waals surface area contributed by atoms with Gasteiger partial charge in [-0.15, -0.1) is 0 Å². The Bertz CT molecular complexity index is 202. The number of rotatable bonds is 2. The summed E-state index contributed by atoms with van der Waals surface area (Å²) >= 11 is 0. The van der Waals surface area contributed by atoms with Crippen LogP contribution >= 0.6 is 0 Å². The average molecular weight is 199 g/mol. The highest BCUT2D eigenvalue weighted by atomic mass is 16.3. The van der Waals surface area contributed by atoms with Gasteiger partial charge in [0, 0.05) is 0 Å². The fourth-order valence-electron chi connectivity index (χ4n) is 3.19. The Hall–Kier alpha value is -0.0800. The van der Waals surface area contributed by atoms with E-state index in [0.29, 0.717) is 12.5 Å². The van der Waals surface area contributed by atoms with Gasteiger partial charge in [0.05, 0.1) is 5.60 Å². The Morgan fingerprint density at radius 2 is 2.00 bits per heavy atom. The number of aliphatic hydroxyl groups is 1. The third-order valence-corrected chi connectivity index (χ3v) is 3.66. The lowest BCUT2D eigenvalue weighted by Crippen LogP contribution is -2.48. The van der Waals surface area contributed by atoms with Crippen molar-refractivity contribution in [1.29, 1.82) is 0 Å². The lowest BCUT2D eigenvalue weighted by molar-refractivity contribution is -0.0918. The molecule has 3 atom stereocenters. The molecule has 84 valence electrons. The topological polar surface area (TPSA) is 46.2 Å². The molecule has 0 aromatic carbocycles. The van der Waals surface area contributed by atoms with Gasteiger partial charge < -0.3 is 10.8 Å². The highest BCUT2D eigenvalue weighted by Crippen LogP contribution is 2.46. The summed E-state index contributed by atoms with van der Waals surface area (Å²) in [7, 11) is 0. The van der Waals surface area contributed by atoms with Gasteiger partial charge in [0.1, 0.15) is 0 Å². The van der Waals surface area contributed by atoms with E-state index in [9.17, 15) is 5.11 Å². The lowest BCUT2D eigenvalue weighted by Gasteiger charge is -2.47. The van der Waals surface area contributed by atoms with E-state index in [2.05, 4.69) is 27.7 Å². The van der Waals surface area contributed by atoms with Gasteiger partial charge in [0.2, 0.25) is 0 Å². The monoisotopic (exact) mass is 199 g/mol. The molecule has 1 aliphatic rings. The van der Waals surface area contributed by atoms with Crippen LogP contribution in [0.15, 0.2) is 0 Å². The fourth-order valence-corrected chi connectivity index (χ4v) is 3.19. The number of hydrogen-bond donors (Lipinski definition) is 2. The van der Waals surface area contributed by atoms with E-state index in [1.165, 1.54) is 6.42 Å². The Morgan fingerprint density at radius 3 is 2.43 bits per heavy atom. The quantitative estimate of drug-likeness (QED) is 0.716. The molecule has 2 heteroatoms. The Kier molecular flexibility index (Phi) is 3.27. The summed E-state index contributed by atoms with van der Waals surface area (Å²) < 4.78 is 0. The maximum Gasteiger partial charge on any atom is 0.0692 e. The van der Waals surface area contributed by atoms with Gasteiger partial charge in [-0.25, -0.2) is 0 Å². The molecule has 0 aromatic rings. The van der Waals surface area contributed by atoms with Crippen molar-refractivity contribution < 1.29 is 5.11 Å². The molecule has 0 spiro atoms. The minimum Gasteiger partial charge on any atom is -0.390 e. The van der Waals surface area contributed by atoms with Crippen LogP contribution in [-0.4, -0.2) is 17.3 Å². The molecule has 0 saturated heterocycles. The molecular formula is C12H25NO.